The zero-order chi connectivity index (χ0) is 18.8. The van der Waals surface area contributed by atoms with Crippen LogP contribution in [0.5, 0.6) is 0 Å². The Bertz CT molecular complexity index is 657. The molecule has 0 bridgehead atoms. The number of unbranched alkanes of at least 4 members (excludes halogenated alkanes) is 5. The van der Waals surface area contributed by atoms with E-state index >= 15 is 0 Å². The van der Waals surface area contributed by atoms with Crippen molar-refractivity contribution in [3.8, 4) is 9.75 Å². The van der Waals surface area contributed by atoms with Gasteiger partial charge in [-0.2, -0.15) is 0 Å². The van der Waals surface area contributed by atoms with Crippen LogP contribution in [0.4, 0.5) is 0 Å². The van der Waals surface area contributed by atoms with Gasteiger partial charge in [0.1, 0.15) is 4.88 Å². The normalized spacial score (nSPS) is 12.3. The molecule has 0 aliphatic rings. The molecule has 2 heterocycles. The quantitative estimate of drug-likeness (QED) is 0.275. The molecule has 0 fully saturated rings. The second-order valence-corrected chi connectivity index (χ2v) is 9.31. The van der Waals surface area contributed by atoms with Crippen molar-refractivity contribution < 1.29 is 9.53 Å². The number of carbonyl (C=O) groups excluding carboxylic acids is 1. The third-order valence-electron chi connectivity index (χ3n) is 4.68. The Hall–Kier alpha value is -1.13. The van der Waals surface area contributed by atoms with Crippen LogP contribution in [-0.4, -0.2) is 12.6 Å². The molecule has 0 N–H and O–H groups in total. The number of hydrogen-bond acceptors (Lipinski definition) is 4. The van der Waals surface area contributed by atoms with Crippen LogP contribution >= 0.6 is 22.7 Å². The Morgan fingerprint density at radius 2 is 1.65 bits per heavy atom. The average molecular weight is 393 g/mol. The van der Waals surface area contributed by atoms with Gasteiger partial charge in [0.15, 0.2) is 0 Å². The largest absolute Gasteiger partial charge is 0.461 e. The van der Waals surface area contributed by atoms with Crippen LogP contribution in [0, 0.1) is 5.92 Å². The first-order valence-electron chi connectivity index (χ1n) is 10.00. The van der Waals surface area contributed by atoms with Gasteiger partial charge in [-0.3, -0.25) is 0 Å². The van der Waals surface area contributed by atoms with E-state index in [9.17, 15) is 4.79 Å². The summed E-state index contributed by atoms with van der Waals surface area (Å²) in [5.41, 5.74) is 0. The minimum atomic E-state index is -0.189. The van der Waals surface area contributed by atoms with Gasteiger partial charge in [-0.05, 0) is 43.0 Å². The predicted molar refractivity (Wildman–Crippen MR) is 114 cm³/mol. The summed E-state index contributed by atoms with van der Waals surface area (Å²) in [6.07, 6.45) is 10.2. The van der Waals surface area contributed by atoms with E-state index in [1.54, 1.807) is 0 Å². The highest BCUT2D eigenvalue weighted by atomic mass is 32.1. The Morgan fingerprint density at radius 3 is 2.42 bits per heavy atom. The maximum absolute atomic E-state index is 12.2. The SMILES string of the molecule is CCCCCCCCc1ccc(-c2ccc(C(=O)OC[C@@H](C)CC)s2)s1. The summed E-state index contributed by atoms with van der Waals surface area (Å²) in [7, 11) is 0. The molecule has 144 valence electrons. The maximum atomic E-state index is 12.2. The van der Waals surface area contributed by atoms with Gasteiger partial charge in [0.2, 0.25) is 0 Å². The molecule has 2 nitrogen and oxygen atoms in total. The van der Waals surface area contributed by atoms with E-state index in [-0.39, 0.29) is 5.97 Å². The highest BCUT2D eigenvalue weighted by molar-refractivity contribution is 7.23. The molecule has 0 amide bonds. The Kier molecular flexibility index (Phi) is 9.41. The number of carbonyl (C=O) groups is 1. The third-order valence-corrected chi connectivity index (χ3v) is 7.09. The van der Waals surface area contributed by atoms with E-state index in [1.165, 1.54) is 70.9 Å². The summed E-state index contributed by atoms with van der Waals surface area (Å²) in [6.45, 7) is 6.98. The van der Waals surface area contributed by atoms with Gasteiger partial charge in [-0.1, -0.05) is 59.3 Å². The molecule has 0 aromatic carbocycles. The molecule has 2 aromatic heterocycles. The standard InChI is InChI=1S/C22H32O2S2/c1-4-6-7-8-9-10-11-18-12-13-19(25-18)20-14-15-21(26-20)22(23)24-16-17(3)5-2/h12-15,17H,4-11,16H2,1-3H3/t17-/m0/s1. The van der Waals surface area contributed by atoms with E-state index < -0.39 is 0 Å². The van der Waals surface area contributed by atoms with E-state index in [0.29, 0.717) is 17.4 Å². The van der Waals surface area contributed by atoms with Crippen LogP contribution in [-0.2, 0) is 11.2 Å². The van der Waals surface area contributed by atoms with Crippen LogP contribution < -0.4 is 0 Å². The fourth-order valence-corrected chi connectivity index (χ4v) is 4.75. The van der Waals surface area contributed by atoms with Crippen LogP contribution in [0.3, 0.4) is 0 Å². The Labute approximate surface area is 166 Å². The van der Waals surface area contributed by atoms with Gasteiger partial charge in [0.05, 0.1) is 6.61 Å². The Morgan fingerprint density at radius 1 is 0.962 bits per heavy atom. The van der Waals surface area contributed by atoms with Crippen molar-refractivity contribution in [3.63, 3.8) is 0 Å². The van der Waals surface area contributed by atoms with Gasteiger partial charge in [0, 0.05) is 14.6 Å². The van der Waals surface area contributed by atoms with Crippen LogP contribution in [0.15, 0.2) is 24.3 Å². The van der Waals surface area contributed by atoms with E-state index in [0.717, 1.165) is 6.42 Å². The van der Waals surface area contributed by atoms with Crippen molar-refractivity contribution in [2.75, 3.05) is 6.61 Å². The van der Waals surface area contributed by atoms with Gasteiger partial charge in [0.25, 0.3) is 0 Å². The highest BCUT2D eigenvalue weighted by Crippen LogP contribution is 2.34. The lowest BCUT2D eigenvalue weighted by molar-refractivity contribution is 0.0453. The fraction of sp³-hybridized carbons (Fsp3) is 0.591. The monoisotopic (exact) mass is 392 g/mol. The van der Waals surface area contributed by atoms with Crippen molar-refractivity contribution in [1.82, 2.24) is 0 Å². The van der Waals surface area contributed by atoms with Gasteiger partial charge >= 0.3 is 5.97 Å². The highest BCUT2D eigenvalue weighted by Gasteiger charge is 2.14. The van der Waals surface area contributed by atoms with E-state index in [1.807, 2.05) is 23.5 Å². The molecular weight excluding hydrogens is 360 g/mol. The molecule has 26 heavy (non-hydrogen) atoms. The zero-order valence-corrected chi connectivity index (χ0v) is 18.0. The fourth-order valence-electron chi connectivity index (χ4n) is 2.71. The predicted octanol–water partition coefficient (Wildman–Crippen LogP) is 7.58. The molecule has 0 aliphatic carbocycles. The van der Waals surface area contributed by atoms with Crippen molar-refractivity contribution in [3.05, 3.63) is 34.0 Å². The first kappa shape index (κ1) is 21.2. The second kappa shape index (κ2) is 11.6. The number of rotatable bonds is 12. The minimum Gasteiger partial charge on any atom is -0.461 e. The number of esters is 1. The molecule has 0 spiro atoms. The molecule has 0 saturated carbocycles. The van der Waals surface area contributed by atoms with Gasteiger partial charge < -0.3 is 4.74 Å². The third kappa shape index (κ3) is 6.88. The van der Waals surface area contributed by atoms with E-state index in [4.69, 9.17) is 4.74 Å². The molecule has 0 saturated heterocycles. The number of hydrogen-bond donors (Lipinski definition) is 0. The molecule has 0 unspecified atom stereocenters. The lowest BCUT2D eigenvalue weighted by atomic mass is 10.1. The van der Waals surface area contributed by atoms with Gasteiger partial charge in [-0.15, -0.1) is 22.7 Å². The summed E-state index contributed by atoms with van der Waals surface area (Å²) < 4.78 is 5.40. The van der Waals surface area contributed by atoms with Crippen molar-refractivity contribution in [1.29, 1.82) is 0 Å². The second-order valence-electron chi connectivity index (χ2n) is 7.06. The summed E-state index contributed by atoms with van der Waals surface area (Å²) in [6, 6.07) is 8.38. The molecule has 0 aliphatic heterocycles. The van der Waals surface area contributed by atoms with Crippen molar-refractivity contribution >= 4 is 28.6 Å². The maximum Gasteiger partial charge on any atom is 0.348 e. The number of ether oxygens (including phenoxy) is 1. The lowest BCUT2D eigenvalue weighted by Gasteiger charge is -2.08. The molecule has 2 rings (SSSR count). The summed E-state index contributed by atoms with van der Waals surface area (Å²) in [5, 5.41) is 0. The molecule has 2 aromatic rings. The van der Waals surface area contributed by atoms with Gasteiger partial charge in [-0.25, -0.2) is 4.79 Å². The average Bonchev–Trinajstić information content (AvgIpc) is 3.31. The van der Waals surface area contributed by atoms with Crippen LogP contribution in [0.2, 0.25) is 0 Å². The molecular formula is C22H32O2S2. The minimum absolute atomic E-state index is 0.189. The first-order chi connectivity index (χ1) is 12.6. The van der Waals surface area contributed by atoms with Crippen molar-refractivity contribution in [2.24, 2.45) is 5.92 Å². The molecule has 4 heteroatoms. The molecule has 0 radical (unpaired) electrons. The van der Waals surface area contributed by atoms with Crippen LogP contribution in [0.25, 0.3) is 9.75 Å². The Balaban J connectivity index is 1.81. The first-order valence-corrected chi connectivity index (χ1v) is 11.6. The number of aryl methyl sites for hydroxylation is 1. The topological polar surface area (TPSA) is 26.3 Å². The van der Waals surface area contributed by atoms with E-state index in [2.05, 4.69) is 32.9 Å². The summed E-state index contributed by atoms with van der Waals surface area (Å²) in [4.78, 5) is 16.7. The molecule has 1 atom stereocenters. The summed E-state index contributed by atoms with van der Waals surface area (Å²) >= 11 is 3.40. The number of thiophene rings is 2. The summed E-state index contributed by atoms with van der Waals surface area (Å²) in [5.74, 6) is 0.227. The lowest BCUT2D eigenvalue weighted by Crippen LogP contribution is -2.10. The zero-order valence-electron chi connectivity index (χ0n) is 16.4. The van der Waals surface area contributed by atoms with Crippen LogP contribution in [0.1, 0.15) is 80.3 Å². The van der Waals surface area contributed by atoms with Crippen molar-refractivity contribution in [2.45, 2.75) is 72.1 Å². The smallest absolute Gasteiger partial charge is 0.348 e.